The van der Waals surface area contributed by atoms with Crippen LogP contribution >= 0.6 is 12.2 Å². The summed E-state index contributed by atoms with van der Waals surface area (Å²) in [6.45, 7) is 0.399. The van der Waals surface area contributed by atoms with Gasteiger partial charge in [0.2, 0.25) is 11.8 Å². The highest BCUT2D eigenvalue weighted by Crippen LogP contribution is 2.16. The summed E-state index contributed by atoms with van der Waals surface area (Å²) in [7, 11) is 0. The number of hydrogen-bond donors (Lipinski definition) is 3. The standard InChI is InChI=1S/C14H17N3O2S/c15-13(20)12(9-4-2-1-3-5-9)14(19)16-8-10-6-7-11(18)17-10/h1-5,10,12H,6-8H2,(H2,15,20)(H,16,19)(H,17,18). The molecule has 6 heteroatoms. The van der Waals surface area contributed by atoms with Crippen LogP contribution in [0.3, 0.4) is 0 Å². The van der Waals surface area contributed by atoms with Crippen molar-refractivity contribution < 1.29 is 9.59 Å². The van der Waals surface area contributed by atoms with Gasteiger partial charge in [-0.05, 0) is 12.0 Å². The monoisotopic (exact) mass is 291 g/mol. The quantitative estimate of drug-likeness (QED) is 0.688. The van der Waals surface area contributed by atoms with E-state index in [1.54, 1.807) is 0 Å². The first-order valence-corrected chi connectivity index (χ1v) is 6.90. The molecule has 0 aliphatic carbocycles. The van der Waals surface area contributed by atoms with Gasteiger partial charge in [-0.1, -0.05) is 42.5 Å². The zero-order valence-electron chi connectivity index (χ0n) is 11.0. The summed E-state index contributed by atoms with van der Waals surface area (Å²) in [5, 5.41) is 5.60. The molecule has 2 atom stereocenters. The molecule has 1 fully saturated rings. The van der Waals surface area contributed by atoms with E-state index >= 15 is 0 Å². The fraction of sp³-hybridized carbons (Fsp3) is 0.357. The SMILES string of the molecule is NC(=S)C(C(=O)NCC1CCC(=O)N1)c1ccccc1. The van der Waals surface area contributed by atoms with Crippen LogP contribution in [0.5, 0.6) is 0 Å². The van der Waals surface area contributed by atoms with Crippen LogP contribution in [0, 0.1) is 0 Å². The Morgan fingerprint density at radius 1 is 1.45 bits per heavy atom. The molecule has 20 heavy (non-hydrogen) atoms. The summed E-state index contributed by atoms with van der Waals surface area (Å²) in [6.07, 6.45) is 1.25. The molecule has 0 radical (unpaired) electrons. The summed E-state index contributed by atoms with van der Waals surface area (Å²) in [6, 6.07) is 9.18. The first-order valence-electron chi connectivity index (χ1n) is 6.49. The second-order valence-corrected chi connectivity index (χ2v) is 5.27. The number of nitrogens with one attached hydrogen (secondary N) is 2. The molecule has 1 aliphatic heterocycles. The van der Waals surface area contributed by atoms with Crippen LogP contribution < -0.4 is 16.4 Å². The number of nitrogens with two attached hydrogens (primary N) is 1. The van der Waals surface area contributed by atoms with Gasteiger partial charge in [0.05, 0.1) is 4.99 Å². The van der Waals surface area contributed by atoms with E-state index in [1.807, 2.05) is 30.3 Å². The minimum absolute atomic E-state index is 0.00535. The summed E-state index contributed by atoms with van der Waals surface area (Å²) >= 11 is 4.99. The minimum Gasteiger partial charge on any atom is -0.392 e. The molecular formula is C14H17N3O2S. The van der Waals surface area contributed by atoms with Crippen molar-refractivity contribution in [1.29, 1.82) is 0 Å². The highest BCUT2D eigenvalue weighted by molar-refractivity contribution is 7.80. The van der Waals surface area contributed by atoms with Crippen molar-refractivity contribution in [3.8, 4) is 0 Å². The van der Waals surface area contributed by atoms with Gasteiger partial charge in [0, 0.05) is 19.0 Å². The molecular weight excluding hydrogens is 274 g/mol. The predicted octanol–water partition coefficient (Wildman–Crippen LogP) is 0.451. The van der Waals surface area contributed by atoms with E-state index < -0.39 is 5.92 Å². The van der Waals surface area contributed by atoms with Crippen molar-refractivity contribution in [2.75, 3.05) is 6.54 Å². The lowest BCUT2D eigenvalue weighted by Gasteiger charge is -2.18. The molecule has 106 valence electrons. The fourth-order valence-corrected chi connectivity index (χ4v) is 2.49. The van der Waals surface area contributed by atoms with Gasteiger partial charge >= 0.3 is 0 Å². The van der Waals surface area contributed by atoms with Gasteiger partial charge in [-0.25, -0.2) is 0 Å². The maximum Gasteiger partial charge on any atom is 0.234 e. The number of thiocarbonyl (C=S) groups is 1. The molecule has 4 N–H and O–H groups in total. The molecule has 1 aliphatic rings. The number of rotatable bonds is 5. The lowest BCUT2D eigenvalue weighted by atomic mass is 9.98. The van der Waals surface area contributed by atoms with Gasteiger partial charge in [-0.3, -0.25) is 9.59 Å². The van der Waals surface area contributed by atoms with E-state index in [9.17, 15) is 9.59 Å². The first-order chi connectivity index (χ1) is 9.58. The Labute approximate surface area is 122 Å². The summed E-state index contributed by atoms with van der Waals surface area (Å²) < 4.78 is 0. The molecule has 1 aromatic rings. The molecule has 0 spiro atoms. The van der Waals surface area contributed by atoms with Gasteiger partial charge in [0.15, 0.2) is 0 Å². The molecule has 2 rings (SSSR count). The van der Waals surface area contributed by atoms with Crippen molar-refractivity contribution in [3.63, 3.8) is 0 Å². The molecule has 0 saturated carbocycles. The Hall–Kier alpha value is -1.95. The molecule has 0 bridgehead atoms. The second kappa shape index (κ2) is 6.47. The Morgan fingerprint density at radius 3 is 2.70 bits per heavy atom. The van der Waals surface area contributed by atoms with Crippen molar-refractivity contribution in [2.45, 2.75) is 24.8 Å². The van der Waals surface area contributed by atoms with Crippen LogP contribution in [-0.4, -0.2) is 29.4 Å². The van der Waals surface area contributed by atoms with Gasteiger partial charge in [0.1, 0.15) is 5.92 Å². The molecule has 2 unspecified atom stereocenters. The largest absolute Gasteiger partial charge is 0.392 e. The molecule has 1 aromatic carbocycles. The number of benzene rings is 1. The van der Waals surface area contributed by atoms with Crippen molar-refractivity contribution in [2.24, 2.45) is 5.73 Å². The zero-order valence-corrected chi connectivity index (χ0v) is 11.8. The normalized spacial score (nSPS) is 19.2. The van der Waals surface area contributed by atoms with E-state index in [2.05, 4.69) is 10.6 Å². The fourth-order valence-electron chi connectivity index (χ4n) is 2.25. The van der Waals surface area contributed by atoms with Crippen molar-refractivity contribution >= 4 is 29.0 Å². The highest BCUT2D eigenvalue weighted by Gasteiger charge is 2.26. The average Bonchev–Trinajstić information content (AvgIpc) is 2.83. The zero-order chi connectivity index (χ0) is 14.5. The summed E-state index contributed by atoms with van der Waals surface area (Å²) in [5.41, 5.74) is 6.45. The third-order valence-electron chi connectivity index (χ3n) is 3.29. The van der Waals surface area contributed by atoms with Crippen LogP contribution in [-0.2, 0) is 9.59 Å². The molecule has 0 aromatic heterocycles. The van der Waals surface area contributed by atoms with Gasteiger partial charge in [-0.15, -0.1) is 0 Å². The Kier molecular flexibility index (Phi) is 4.68. The summed E-state index contributed by atoms with van der Waals surface area (Å²) in [4.78, 5) is 23.5. The number of hydrogen-bond acceptors (Lipinski definition) is 3. The minimum atomic E-state index is -0.636. The van der Waals surface area contributed by atoms with E-state index in [4.69, 9.17) is 18.0 Å². The number of amides is 2. The lowest BCUT2D eigenvalue weighted by molar-refractivity contribution is -0.122. The van der Waals surface area contributed by atoms with Crippen molar-refractivity contribution in [1.82, 2.24) is 10.6 Å². The van der Waals surface area contributed by atoms with E-state index in [0.717, 1.165) is 12.0 Å². The second-order valence-electron chi connectivity index (χ2n) is 4.79. The maximum absolute atomic E-state index is 12.2. The predicted molar refractivity (Wildman–Crippen MR) is 80.1 cm³/mol. The van der Waals surface area contributed by atoms with Crippen LogP contribution in [0.15, 0.2) is 30.3 Å². The van der Waals surface area contributed by atoms with Gasteiger partial charge in [0.25, 0.3) is 0 Å². The highest BCUT2D eigenvalue weighted by atomic mass is 32.1. The van der Waals surface area contributed by atoms with Crippen molar-refractivity contribution in [3.05, 3.63) is 35.9 Å². The van der Waals surface area contributed by atoms with Gasteiger partial charge in [-0.2, -0.15) is 0 Å². The lowest BCUT2D eigenvalue weighted by Crippen LogP contribution is -2.42. The Bertz CT molecular complexity index is 518. The Balaban J connectivity index is 1.98. The molecule has 1 heterocycles. The third kappa shape index (κ3) is 3.54. The molecule has 2 amide bonds. The first kappa shape index (κ1) is 14.5. The van der Waals surface area contributed by atoms with E-state index in [0.29, 0.717) is 13.0 Å². The van der Waals surface area contributed by atoms with E-state index in [-0.39, 0.29) is 22.8 Å². The Morgan fingerprint density at radius 2 is 2.15 bits per heavy atom. The van der Waals surface area contributed by atoms with Crippen LogP contribution in [0.2, 0.25) is 0 Å². The number of carbonyl (C=O) groups excluding carboxylic acids is 2. The molecule has 1 saturated heterocycles. The summed E-state index contributed by atoms with van der Waals surface area (Å²) in [5.74, 6) is -0.841. The molecule has 5 nitrogen and oxygen atoms in total. The van der Waals surface area contributed by atoms with Crippen LogP contribution in [0.1, 0.15) is 24.3 Å². The topological polar surface area (TPSA) is 84.2 Å². The van der Waals surface area contributed by atoms with E-state index in [1.165, 1.54) is 0 Å². The smallest absolute Gasteiger partial charge is 0.234 e. The average molecular weight is 291 g/mol. The van der Waals surface area contributed by atoms with Crippen LogP contribution in [0.4, 0.5) is 0 Å². The van der Waals surface area contributed by atoms with Gasteiger partial charge < -0.3 is 16.4 Å². The number of carbonyl (C=O) groups is 2. The third-order valence-corrected chi connectivity index (χ3v) is 3.52. The van der Waals surface area contributed by atoms with Crippen LogP contribution in [0.25, 0.3) is 0 Å². The maximum atomic E-state index is 12.2.